The molecule has 0 radical (unpaired) electrons. The van der Waals surface area contributed by atoms with E-state index in [2.05, 4.69) is 37.3 Å². The van der Waals surface area contributed by atoms with Gasteiger partial charge in [-0.3, -0.25) is 0 Å². The molecule has 0 aromatic heterocycles. The predicted octanol–water partition coefficient (Wildman–Crippen LogP) is 10.1. The van der Waals surface area contributed by atoms with Gasteiger partial charge in [-0.1, -0.05) is 102 Å². The highest BCUT2D eigenvalue weighted by Crippen LogP contribution is 2.45. The van der Waals surface area contributed by atoms with Crippen molar-refractivity contribution in [3.05, 3.63) is 59.2 Å². The molecule has 0 amide bonds. The summed E-state index contributed by atoms with van der Waals surface area (Å²) in [7, 11) is 0. The lowest BCUT2D eigenvalue weighted by Crippen LogP contribution is -2.25. The third-order valence-electron chi connectivity index (χ3n) is 9.77. The second-order valence-corrected chi connectivity index (χ2v) is 12.5. The lowest BCUT2D eigenvalue weighted by atomic mass is 9.68. The van der Waals surface area contributed by atoms with E-state index >= 15 is 0 Å². The van der Waals surface area contributed by atoms with Gasteiger partial charge in [0.1, 0.15) is 0 Å². The van der Waals surface area contributed by atoms with E-state index < -0.39 is 0 Å². The van der Waals surface area contributed by atoms with E-state index in [1.54, 1.807) is 0 Å². The first-order valence-electron chi connectivity index (χ1n) is 15.8. The molecule has 0 bridgehead atoms. The molecule has 37 heavy (non-hydrogen) atoms. The van der Waals surface area contributed by atoms with Crippen molar-refractivity contribution in [1.29, 1.82) is 0 Å². The molecule has 0 unspecified atom stereocenters. The Bertz CT molecular complexity index is 901. The molecule has 0 heterocycles. The van der Waals surface area contributed by atoms with E-state index in [1.165, 1.54) is 126 Å². The fourth-order valence-electron chi connectivity index (χ4n) is 7.39. The van der Waals surface area contributed by atoms with E-state index in [-0.39, 0.29) is 0 Å². The Balaban J connectivity index is 1.13. The summed E-state index contributed by atoms with van der Waals surface area (Å²) in [6.45, 7) is 2.31. The Kier molecular flexibility index (Phi) is 11.3. The Labute approximate surface area is 228 Å². The minimum atomic E-state index is 0.653. The normalized spacial score (nSPS) is 24.2. The highest BCUT2D eigenvalue weighted by molar-refractivity contribution is 5.52. The summed E-state index contributed by atoms with van der Waals surface area (Å²) in [5.41, 5.74) is 18.2. The molecule has 2 heteroatoms. The molecular formula is C35H54N2. The number of unbranched alkanes of at least 4 members (excludes halogenated alkanes) is 7. The first-order valence-corrected chi connectivity index (χ1v) is 15.8. The third kappa shape index (κ3) is 8.79. The van der Waals surface area contributed by atoms with Crippen LogP contribution in [0.1, 0.15) is 139 Å². The molecule has 0 aliphatic heterocycles. The smallest absolute Gasteiger partial charge is 0.0352 e. The second-order valence-electron chi connectivity index (χ2n) is 12.5. The highest BCUT2D eigenvalue weighted by Gasteiger charge is 2.31. The quantitative estimate of drug-likeness (QED) is 0.211. The predicted molar refractivity (Wildman–Crippen MR) is 162 cm³/mol. The van der Waals surface area contributed by atoms with E-state index in [0.717, 1.165) is 35.5 Å². The average molecular weight is 503 g/mol. The molecule has 204 valence electrons. The fraction of sp³-hybridized carbons (Fsp3) is 0.657. The standard InChI is InChI=1S/C35H54N2/c1-2-3-4-5-6-7-8-9-10-27-11-16-30(17-12-27)31-18-20-32(21-19-31)34-24-15-29(26-35(34)37)25-28-13-22-33(36)23-14-28/h13-15,22-24,26-27,30-32H,2-12,16-21,25,36-37H2,1H3. The van der Waals surface area contributed by atoms with E-state index in [1.807, 2.05) is 12.1 Å². The molecule has 2 aromatic rings. The summed E-state index contributed by atoms with van der Waals surface area (Å²) in [4.78, 5) is 0. The van der Waals surface area contributed by atoms with Gasteiger partial charge in [-0.05, 0) is 104 Å². The number of nitrogen functional groups attached to an aromatic ring is 2. The highest BCUT2D eigenvalue weighted by atomic mass is 14.6. The summed E-state index contributed by atoms with van der Waals surface area (Å²) in [6.07, 6.45) is 25.5. The van der Waals surface area contributed by atoms with Crippen LogP contribution in [0.15, 0.2) is 42.5 Å². The molecule has 2 aliphatic carbocycles. The van der Waals surface area contributed by atoms with Crippen molar-refractivity contribution in [2.75, 3.05) is 11.5 Å². The van der Waals surface area contributed by atoms with Crippen molar-refractivity contribution in [2.45, 2.75) is 128 Å². The molecule has 4 rings (SSSR count). The molecule has 2 fully saturated rings. The topological polar surface area (TPSA) is 52.0 Å². The Hall–Kier alpha value is -1.96. The van der Waals surface area contributed by atoms with Crippen LogP contribution >= 0.6 is 0 Å². The molecule has 0 saturated heterocycles. The van der Waals surface area contributed by atoms with Gasteiger partial charge in [0.2, 0.25) is 0 Å². The summed E-state index contributed by atoms with van der Waals surface area (Å²) in [5, 5.41) is 0. The van der Waals surface area contributed by atoms with Crippen LogP contribution in [-0.4, -0.2) is 0 Å². The van der Waals surface area contributed by atoms with Gasteiger partial charge in [-0.25, -0.2) is 0 Å². The maximum absolute atomic E-state index is 6.59. The summed E-state index contributed by atoms with van der Waals surface area (Å²) in [6, 6.07) is 15.0. The van der Waals surface area contributed by atoms with Crippen LogP contribution in [0.3, 0.4) is 0 Å². The van der Waals surface area contributed by atoms with Crippen LogP contribution in [0.2, 0.25) is 0 Å². The molecule has 0 atom stereocenters. The zero-order valence-electron chi connectivity index (χ0n) is 23.7. The lowest BCUT2D eigenvalue weighted by Gasteiger charge is -2.38. The molecule has 0 spiro atoms. The van der Waals surface area contributed by atoms with E-state index in [9.17, 15) is 0 Å². The molecule has 2 nitrogen and oxygen atoms in total. The largest absolute Gasteiger partial charge is 0.399 e. The van der Waals surface area contributed by atoms with Crippen molar-refractivity contribution in [3.8, 4) is 0 Å². The third-order valence-corrected chi connectivity index (χ3v) is 9.77. The van der Waals surface area contributed by atoms with E-state index in [4.69, 9.17) is 11.5 Å². The molecule has 4 N–H and O–H groups in total. The number of rotatable bonds is 13. The van der Waals surface area contributed by atoms with Crippen LogP contribution in [0.4, 0.5) is 11.4 Å². The minimum Gasteiger partial charge on any atom is -0.399 e. The van der Waals surface area contributed by atoms with E-state index in [0.29, 0.717) is 5.92 Å². The van der Waals surface area contributed by atoms with Gasteiger partial charge < -0.3 is 11.5 Å². The number of hydrogen-bond acceptors (Lipinski definition) is 2. The van der Waals surface area contributed by atoms with Crippen molar-refractivity contribution in [2.24, 2.45) is 17.8 Å². The summed E-state index contributed by atoms with van der Waals surface area (Å²) >= 11 is 0. The van der Waals surface area contributed by atoms with Crippen LogP contribution in [0.5, 0.6) is 0 Å². The van der Waals surface area contributed by atoms with Gasteiger partial charge in [0.15, 0.2) is 0 Å². The molecule has 2 saturated carbocycles. The number of hydrogen-bond donors (Lipinski definition) is 2. The van der Waals surface area contributed by atoms with Crippen LogP contribution in [-0.2, 0) is 6.42 Å². The van der Waals surface area contributed by atoms with Gasteiger partial charge in [0.25, 0.3) is 0 Å². The minimum absolute atomic E-state index is 0.653. The molecule has 2 aromatic carbocycles. The van der Waals surface area contributed by atoms with Gasteiger partial charge in [0, 0.05) is 11.4 Å². The fourth-order valence-corrected chi connectivity index (χ4v) is 7.39. The first kappa shape index (κ1) is 28.1. The molecule has 2 aliphatic rings. The molecular weight excluding hydrogens is 448 g/mol. The Morgan fingerprint density at radius 2 is 1.19 bits per heavy atom. The zero-order valence-corrected chi connectivity index (χ0v) is 23.7. The SMILES string of the molecule is CCCCCCCCCCC1CCC(C2CCC(c3ccc(Cc4ccc(N)cc4)cc3N)CC2)CC1. The van der Waals surface area contributed by atoms with Gasteiger partial charge in [-0.15, -0.1) is 0 Å². The van der Waals surface area contributed by atoms with Crippen molar-refractivity contribution in [3.63, 3.8) is 0 Å². The number of nitrogens with two attached hydrogens (primary N) is 2. The lowest BCUT2D eigenvalue weighted by molar-refractivity contribution is 0.155. The average Bonchev–Trinajstić information content (AvgIpc) is 2.92. The van der Waals surface area contributed by atoms with Gasteiger partial charge in [0.05, 0.1) is 0 Å². The van der Waals surface area contributed by atoms with Crippen LogP contribution in [0.25, 0.3) is 0 Å². The Morgan fingerprint density at radius 3 is 1.81 bits per heavy atom. The zero-order chi connectivity index (χ0) is 25.9. The monoisotopic (exact) mass is 502 g/mol. The number of anilines is 2. The van der Waals surface area contributed by atoms with Crippen molar-refractivity contribution in [1.82, 2.24) is 0 Å². The van der Waals surface area contributed by atoms with Crippen molar-refractivity contribution >= 4 is 11.4 Å². The van der Waals surface area contributed by atoms with Crippen LogP contribution < -0.4 is 11.5 Å². The van der Waals surface area contributed by atoms with Gasteiger partial charge >= 0.3 is 0 Å². The van der Waals surface area contributed by atoms with Crippen LogP contribution in [0, 0.1) is 17.8 Å². The summed E-state index contributed by atoms with van der Waals surface area (Å²) < 4.78 is 0. The van der Waals surface area contributed by atoms with Crippen molar-refractivity contribution < 1.29 is 0 Å². The first-order chi connectivity index (χ1) is 18.1. The van der Waals surface area contributed by atoms with Gasteiger partial charge in [-0.2, -0.15) is 0 Å². The maximum Gasteiger partial charge on any atom is 0.0352 e. The maximum atomic E-state index is 6.59. The Morgan fingerprint density at radius 1 is 0.622 bits per heavy atom. The summed E-state index contributed by atoms with van der Waals surface area (Å²) in [5.74, 6) is 3.64. The number of benzene rings is 2. The second kappa shape index (κ2) is 14.8.